The standard InChI is InChI=1S/C12H20O2/c1-8-4-5-11(9(2)7-13)6-12(8)10(3)14/h6,8-9,11,13H,4-5,7H2,1-3H3/t8-,9-,11-/m0/s1. The summed E-state index contributed by atoms with van der Waals surface area (Å²) in [5.41, 5.74) is 0.960. The van der Waals surface area contributed by atoms with Crippen molar-refractivity contribution in [3.8, 4) is 0 Å². The monoisotopic (exact) mass is 196 g/mol. The van der Waals surface area contributed by atoms with Crippen molar-refractivity contribution in [3.63, 3.8) is 0 Å². The van der Waals surface area contributed by atoms with Gasteiger partial charge in [-0.1, -0.05) is 19.9 Å². The molecule has 0 fully saturated rings. The fourth-order valence-electron chi connectivity index (χ4n) is 2.12. The molecule has 14 heavy (non-hydrogen) atoms. The quantitative estimate of drug-likeness (QED) is 0.751. The molecule has 3 atom stereocenters. The van der Waals surface area contributed by atoms with Crippen LogP contribution in [0.5, 0.6) is 0 Å². The van der Waals surface area contributed by atoms with Crippen molar-refractivity contribution in [2.45, 2.75) is 33.6 Å². The van der Waals surface area contributed by atoms with E-state index in [2.05, 4.69) is 13.0 Å². The lowest BCUT2D eigenvalue weighted by molar-refractivity contribution is -0.114. The highest BCUT2D eigenvalue weighted by Gasteiger charge is 2.24. The highest BCUT2D eigenvalue weighted by Crippen LogP contribution is 2.32. The summed E-state index contributed by atoms with van der Waals surface area (Å²) in [7, 11) is 0. The molecule has 1 aliphatic carbocycles. The Kier molecular flexibility index (Phi) is 3.87. The first kappa shape index (κ1) is 11.4. The topological polar surface area (TPSA) is 37.3 Å². The van der Waals surface area contributed by atoms with Crippen LogP contribution in [0.25, 0.3) is 0 Å². The summed E-state index contributed by atoms with van der Waals surface area (Å²) < 4.78 is 0. The number of aliphatic hydroxyl groups is 1. The van der Waals surface area contributed by atoms with Gasteiger partial charge in [0.1, 0.15) is 0 Å². The molecule has 0 saturated heterocycles. The molecule has 2 heteroatoms. The molecule has 1 N–H and O–H groups in total. The number of Topliss-reactive ketones (excluding diaryl/α,β-unsaturated/α-hetero) is 1. The fourth-order valence-corrected chi connectivity index (χ4v) is 2.12. The van der Waals surface area contributed by atoms with E-state index < -0.39 is 0 Å². The lowest BCUT2D eigenvalue weighted by atomic mass is 9.77. The lowest BCUT2D eigenvalue weighted by Crippen LogP contribution is -2.22. The summed E-state index contributed by atoms with van der Waals surface area (Å²) in [6.07, 6.45) is 4.25. The predicted molar refractivity (Wildman–Crippen MR) is 56.9 cm³/mol. The summed E-state index contributed by atoms with van der Waals surface area (Å²) >= 11 is 0. The van der Waals surface area contributed by atoms with Crippen LogP contribution in [0.2, 0.25) is 0 Å². The highest BCUT2D eigenvalue weighted by atomic mass is 16.3. The van der Waals surface area contributed by atoms with Gasteiger partial charge in [0.15, 0.2) is 5.78 Å². The van der Waals surface area contributed by atoms with Crippen molar-refractivity contribution in [1.29, 1.82) is 0 Å². The van der Waals surface area contributed by atoms with Gasteiger partial charge in [-0.25, -0.2) is 0 Å². The molecule has 2 nitrogen and oxygen atoms in total. The van der Waals surface area contributed by atoms with Crippen LogP contribution in [0.15, 0.2) is 11.6 Å². The van der Waals surface area contributed by atoms with E-state index >= 15 is 0 Å². The Hall–Kier alpha value is -0.630. The number of carbonyl (C=O) groups excluding carboxylic acids is 1. The number of rotatable bonds is 3. The zero-order valence-corrected chi connectivity index (χ0v) is 9.29. The lowest BCUT2D eigenvalue weighted by Gasteiger charge is -2.28. The molecule has 0 spiro atoms. The number of aliphatic hydroxyl groups excluding tert-OH is 1. The maximum atomic E-state index is 11.3. The molecule has 1 aliphatic rings. The van der Waals surface area contributed by atoms with Gasteiger partial charge in [0.25, 0.3) is 0 Å². The van der Waals surface area contributed by atoms with Gasteiger partial charge in [0.2, 0.25) is 0 Å². The second-order valence-corrected chi connectivity index (χ2v) is 4.48. The van der Waals surface area contributed by atoms with E-state index in [-0.39, 0.29) is 18.3 Å². The van der Waals surface area contributed by atoms with Crippen molar-refractivity contribution in [3.05, 3.63) is 11.6 Å². The third kappa shape index (κ3) is 2.44. The molecule has 80 valence electrons. The third-order valence-electron chi connectivity index (χ3n) is 3.28. The van der Waals surface area contributed by atoms with Crippen LogP contribution in [0.3, 0.4) is 0 Å². The molecule has 0 heterocycles. The van der Waals surface area contributed by atoms with Gasteiger partial charge in [-0.2, -0.15) is 0 Å². The van der Waals surface area contributed by atoms with E-state index in [1.807, 2.05) is 6.92 Å². The Morgan fingerprint density at radius 3 is 2.79 bits per heavy atom. The number of ketones is 1. The van der Waals surface area contributed by atoms with Crippen LogP contribution in [-0.4, -0.2) is 17.5 Å². The predicted octanol–water partition coefficient (Wildman–Crippen LogP) is 2.18. The molecule has 0 aromatic rings. The van der Waals surface area contributed by atoms with Gasteiger partial charge in [0, 0.05) is 6.61 Å². The van der Waals surface area contributed by atoms with Gasteiger partial charge in [-0.3, -0.25) is 4.79 Å². The van der Waals surface area contributed by atoms with Crippen molar-refractivity contribution < 1.29 is 9.90 Å². The smallest absolute Gasteiger partial charge is 0.155 e. The Labute approximate surface area is 86.0 Å². The van der Waals surface area contributed by atoms with Gasteiger partial charge in [-0.15, -0.1) is 0 Å². The Balaban J connectivity index is 2.79. The zero-order chi connectivity index (χ0) is 10.7. The Morgan fingerprint density at radius 2 is 2.29 bits per heavy atom. The maximum absolute atomic E-state index is 11.3. The molecule has 0 amide bonds. The molecule has 0 saturated carbocycles. The Morgan fingerprint density at radius 1 is 1.64 bits per heavy atom. The first-order valence-corrected chi connectivity index (χ1v) is 5.39. The molecular formula is C12H20O2. The molecular weight excluding hydrogens is 176 g/mol. The average molecular weight is 196 g/mol. The summed E-state index contributed by atoms with van der Waals surface area (Å²) in [4.78, 5) is 11.3. The number of hydrogen-bond acceptors (Lipinski definition) is 2. The van der Waals surface area contributed by atoms with Crippen LogP contribution >= 0.6 is 0 Å². The van der Waals surface area contributed by atoms with Crippen LogP contribution in [0.1, 0.15) is 33.6 Å². The summed E-state index contributed by atoms with van der Waals surface area (Å²) in [6, 6.07) is 0. The average Bonchev–Trinajstić information content (AvgIpc) is 2.17. The van der Waals surface area contributed by atoms with Crippen LogP contribution < -0.4 is 0 Å². The minimum Gasteiger partial charge on any atom is -0.396 e. The summed E-state index contributed by atoms with van der Waals surface area (Å²) in [5, 5.41) is 9.06. The van der Waals surface area contributed by atoms with E-state index in [0.29, 0.717) is 11.8 Å². The molecule has 1 rings (SSSR count). The molecule has 0 aliphatic heterocycles. The minimum atomic E-state index is 0.187. The van der Waals surface area contributed by atoms with Crippen molar-refractivity contribution in [2.75, 3.05) is 6.61 Å². The maximum Gasteiger partial charge on any atom is 0.155 e. The minimum absolute atomic E-state index is 0.187. The largest absolute Gasteiger partial charge is 0.396 e. The molecule has 0 bridgehead atoms. The van der Waals surface area contributed by atoms with Crippen molar-refractivity contribution >= 4 is 5.78 Å². The first-order valence-electron chi connectivity index (χ1n) is 5.39. The second kappa shape index (κ2) is 4.74. The SMILES string of the molecule is CC(=O)C1=C[C@@H]([C@@H](C)CO)CC[C@@H]1C. The van der Waals surface area contributed by atoms with E-state index in [1.165, 1.54) is 0 Å². The van der Waals surface area contributed by atoms with E-state index in [4.69, 9.17) is 5.11 Å². The number of hydrogen-bond donors (Lipinski definition) is 1. The van der Waals surface area contributed by atoms with Gasteiger partial charge < -0.3 is 5.11 Å². The molecule has 0 unspecified atom stereocenters. The summed E-state index contributed by atoms with van der Waals surface area (Å²) in [5.74, 6) is 1.24. The number of carbonyl (C=O) groups is 1. The van der Waals surface area contributed by atoms with E-state index in [0.717, 1.165) is 18.4 Å². The van der Waals surface area contributed by atoms with Crippen LogP contribution in [-0.2, 0) is 4.79 Å². The molecule has 0 aromatic heterocycles. The second-order valence-electron chi connectivity index (χ2n) is 4.48. The van der Waals surface area contributed by atoms with Gasteiger partial charge in [-0.05, 0) is 43.1 Å². The van der Waals surface area contributed by atoms with Crippen LogP contribution in [0, 0.1) is 17.8 Å². The molecule has 0 radical (unpaired) electrons. The number of allylic oxidation sites excluding steroid dienone is 2. The highest BCUT2D eigenvalue weighted by molar-refractivity contribution is 5.93. The summed E-state index contributed by atoms with van der Waals surface area (Å²) in [6.45, 7) is 5.98. The normalized spacial score (nSPS) is 29.6. The zero-order valence-electron chi connectivity index (χ0n) is 9.29. The van der Waals surface area contributed by atoms with Crippen molar-refractivity contribution in [2.24, 2.45) is 17.8 Å². The molecule has 0 aromatic carbocycles. The van der Waals surface area contributed by atoms with E-state index in [1.54, 1.807) is 6.92 Å². The fraction of sp³-hybridized carbons (Fsp3) is 0.750. The Bertz CT molecular complexity index is 243. The third-order valence-corrected chi connectivity index (χ3v) is 3.28. The van der Waals surface area contributed by atoms with Gasteiger partial charge in [0.05, 0.1) is 0 Å². The van der Waals surface area contributed by atoms with Crippen molar-refractivity contribution in [1.82, 2.24) is 0 Å². The van der Waals surface area contributed by atoms with Gasteiger partial charge >= 0.3 is 0 Å². The van der Waals surface area contributed by atoms with Crippen LogP contribution in [0.4, 0.5) is 0 Å². The first-order chi connectivity index (χ1) is 6.56. The van der Waals surface area contributed by atoms with E-state index in [9.17, 15) is 4.79 Å².